The first kappa shape index (κ1) is 16.4. The fraction of sp³-hybridized carbons (Fsp3) is 0.0588. The van der Waals surface area contributed by atoms with E-state index in [2.05, 4.69) is 9.93 Å². The number of aromatic nitrogens is 2. The molecule has 0 bridgehead atoms. The van der Waals surface area contributed by atoms with E-state index in [-0.39, 0.29) is 4.90 Å². The van der Waals surface area contributed by atoms with E-state index in [0.29, 0.717) is 10.6 Å². The molecule has 3 aromatic rings. The van der Waals surface area contributed by atoms with Gasteiger partial charge in [0, 0.05) is 15.5 Å². The van der Waals surface area contributed by atoms with Crippen molar-refractivity contribution in [2.45, 2.75) is 11.8 Å². The Labute approximate surface area is 145 Å². The molecule has 0 radical (unpaired) electrons. The Hall–Kier alpha value is -2.44. The molecule has 0 unspecified atom stereocenters. The molecule has 7 heteroatoms. The second kappa shape index (κ2) is 6.59. The molecule has 0 amide bonds. The maximum atomic E-state index is 12.8. The topological polar surface area (TPSA) is 62.9 Å². The van der Waals surface area contributed by atoms with E-state index in [1.807, 2.05) is 43.3 Å². The first-order valence-corrected chi connectivity index (χ1v) is 9.04. The number of aryl methyl sites for hydroxylation is 1. The van der Waals surface area contributed by atoms with Gasteiger partial charge in [-0.2, -0.15) is 8.42 Å². The van der Waals surface area contributed by atoms with Crippen molar-refractivity contribution in [2.24, 2.45) is 0 Å². The summed E-state index contributed by atoms with van der Waals surface area (Å²) in [5.41, 5.74) is 2.43. The highest BCUT2D eigenvalue weighted by Crippen LogP contribution is 2.28. The summed E-state index contributed by atoms with van der Waals surface area (Å²) in [4.78, 5) is 3.65. The number of halogens is 1. The monoisotopic (exact) mass is 360 g/mol. The van der Waals surface area contributed by atoms with E-state index in [1.165, 1.54) is 12.4 Å². The molecule has 0 saturated heterocycles. The normalized spacial score (nSPS) is 11.2. The fourth-order valence-corrected chi connectivity index (χ4v) is 3.62. The average Bonchev–Trinajstić information content (AvgIpc) is 2.55. The molecule has 122 valence electrons. The van der Waals surface area contributed by atoms with Crippen molar-refractivity contribution in [3.8, 4) is 11.1 Å². The zero-order valence-corrected chi connectivity index (χ0v) is 14.4. The Balaban J connectivity index is 2.08. The lowest BCUT2D eigenvalue weighted by molar-refractivity contribution is -0.698. The van der Waals surface area contributed by atoms with Gasteiger partial charge in [-0.1, -0.05) is 64.5 Å². The van der Waals surface area contributed by atoms with E-state index in [9.17, 15) is 8.42 Å². The molecule has 0 fully saturated rings. The van der Waals surface area contributed by atoms with Crippen LogP contribution in [-0.2, 0) is 10.0 Å². The molecule has 0 aliphatic rings. The van der Waals surface area contributed by atoms with Crippen molar-refractivity contribution < 1.29 is 13.2 Å². The molecular formula is C17H15ClN3O2S+. The van der Waals surface area contributed by atoms with Gasteiger partial charge in [-0.25, -0.2) is 0 Å². The van der Waals surface area contributed by atoms with Crippen LogP contribution in [0.5, 0.6) is 0 Å². The molecule has 2 aromatic carbocycles. The van der Waals surface area contributed by atoms with E-state index in [4.69, 9.17) is 11.6 Å². The number of nitrogens with zero attached hydrogens (tertiary/aromatic N) is 2. The maximum Gasteiger partial charge on any atom is 0.309 e. The standard InChI is InChI=1S/C17H15ClN3O2S/c1-13-7-8-17(16(11-13)14-5-3-2-4-6-14)24(22,23)20-21-12-15(18)9-10-19-21/h2-12H,1H3,(H,19,20)/q+1. The molecule has 1 N–H and O–H groups in total. The number of hydrogen-bond donors (Lipinski definition) is 1. The van der Waals surface area contributed by atoms with E-state index < -0.39 is 10.0 Å². The largest absolute Gasteiger partial charge is 0.309 e. The third-order valence-corrected chi connectivity index (χ3v) is 4.98. The first-order chi connectivity index (χ1) is 11.5. The van der Waals surface area contributed by atoms with Crippen LogP contribution in [0.15, 0.2) is 71.9 Å². The lowest BCUT2D eigenvalue weighted by atomic mass is 10.0. The summed E-state index contributed by atoms with van der Waals surface area (Å²) in [5.74, 6) is 0. The summed E-state index contributed by atoms with van der Waals surface area (Å²) in [6.45, 7) is 1.92. The van der Waals surface area contributed by atoms with Gasteiger partial charge >= 0.3 is 10.0 Å². The van der Waals surface area contributed by atoms with Gasteiger partial charge in [0.05, 0.1) is 11.1 Å². The average molecular weight is 361 g/mol. The van der Waals surface area contributed by atoms with Gasteiger partial charge in [0.2, 0.25) is 6.20 Å². The Morgan fingerprint density at radius 1 is 1.08 bits per heavy atom. The van der Waals surface area contributed by atoms with Crippen LogP contribution in [0.25, 0.3) is 11.1 Å². The summed E-state index contributed by atoms with van der Waals surface area (Å²) in [5, 5.41) is 4.29. The number of rotatable bonds is 4. The van der Waals surface area contributed by atoms with Crippen LogP contribution >= 0.6 is 11.6 Å². The molecule has 24 heavy (non-hydrogen) atoms. The molecular weight excluding hydrogens is 346 g/mol. The Morgan fingerprint density at radius 3 is 2.54 bits per heavy atom. The molecule has 0 spiro atoms. The quantitative estimate of drug-likeness (QED) is 0.727. The lowest BCUT2D eigenvalue weighted by Crippen LogP contribution is -2.50. The van der Waals surface area contributed by atoms with Crippen molar-refractivity contribution in [2.75, 3.05) is 4.83 Å². The highest BCUT2D eigenvalue weighted by molar-refractivity contribution is 7.92. The van der Waals surface area contributed by atoms with E-state index in [1.54, 1.807) is 18.2 Å². The van der Waals surface area contributed by atoms with Crippen LogP contribution < -0.4 is 9.62 Å². The Bertz CT molecular complexity index is 976. The van der Waals surface area contributed by atoms with Gasteiger partial charge in [-0.15, -0.1) is 0 Å². The number of benzene rings is 2. The minimum Gasteiger partial charge on any atom is -0.197 e. The Kier molecular flexibility index (Phi) is 4.51. The van der Waals surface area contributed by atoms with Crippen LogP contribution in [0.4, 0.5) is 0 Å². The van der Waals surface area contributed by atoms with E-state index >= 15 is 0 Å². The summed E-state index contributed by atoms with van der Waals surface area (Å²) in [6, 6.07) is 16.1. The van der Waals surface area contributed by atoms with Gasteiger partial charge in [0.25, 0.3) is 0 Å². The van der Waals surface area contributed by atoms with Crippen molar-refractivity contribution in [3.05, 3.63) is 77.6 Å². The molecule has 5 nitrogen and oxygen atoms in total. The smallest absolute Gasteiger partial charge is 0.197 e. The zero-order chi connectivity index (χ0) is 17.2. The third-order valence-electron chi connectivity index (χ3n) is 3.39. The van der Waals surface area contributed by atoms with Gasteiger partial charge < -0.3 is 0 Å². The SMILES string of the molecule is Cc1ccc(S(=O)(=O)N[n+]2cc(Cl)ccn2)c(-c2ccccc2)c1. The van der Waals surface area contributed by atoms with Crippen LogP contribution in [-0.4, -0.2) is 13.5 Å². The van der Waals surface area contributed by atoms with Crippen molar-refractivity contribution >= 4 is 21.6 Å². The maximum absolute atomic E-state index is 12.8. The third kappa shape index (κ3) is 3.55. The summed E-state index contributed by atoms with van der Waals surface area (Å²) in [6.07, 6.45) is 2.80. The van der Waals surface area contributed by atoms with Crippen LogP contribution in [0.1, 0.15) is 5.56 Å². The number of nitrogens with one attached hydrogen (secondary N) is 1. The zero-order valence-electron chi connectivity index (χ0n) is 12.8. The molecule has 3 rings (SSSR count). The van der Waals surface area contributed by atoms with Gasteiger partial charge in [-0.05, 0) is 24.6 Å². The fourth-order valence-electron chi connectivity index (χ4n) is 2.31. The lowest BCUT2D eigenvalue weighted by Gasteiger charge is -2.10. The van der Waals surface area contributed by atoms with Crippen molar-refractivity contribution in [3.63, 3.8) is 0 Å². The summed E-state index contributed by atoms with van der Waals surface area (Å²) < 4.78 is 25.6. The second-order valence-corrected chi connectivity index (χ2v) is 7.32. The molecule has 0 atom stereocenters. The first-order valence-electron chi connectivity index (χ1n) is 7.18. The molecule has 0 aliphatic heterocycles. The van der Waals surface area contributed by atoms with Gasteiger partial charge in [0.1, 0.15) is 5.02 Å². The van der Waals surface area contributed by atoms with Crippen LogP contribution in [0, 0.1) is 6.92 Å². The summed E-state index contributed by atoms with van der Waals surface area (Å²) in [7, 11) is -3.83. The number of sulfonamides is 1. The van der Waals surface area contributed by atoms with Crippen molar-refractivity contribution in [1.82, 2.24) is 5.10 Å². The van der Waals surface area contributed by atoms with Crippen molar-refractivity contribution in [1.29, 1.82) is 0 Å². The van der Waals surface area contributed by atoms with Gasteiger partial charge in [0.15, 0.2) is 0 Å². The molecule has 0 saturated carbocycles. The van der Waals surface area contributed by atoms with Crippen LogP contribution in [0.3, 0.4) is 0 Å². The minimum atomic E-state index is -3.83. The number of hydrogen-bond acceptors (Lipinski definition) is 3. The molecule has 0 aliphatic carbocycles. The highest BCUT2D eigenvalue weighted by Gasteiger charge is 2.24. The van der Waals surface area contributed by atoms with E-state index in [0.717, 1.165) is 15.9 Å². The van der Waals surface area contributed by atoms with Gasteiger partial charge in [-0.3, -0.25) is 0 Å². The van der Waals surface area contributed by atoms with Crippen LogP contribution in [0.2, 0.25) is 5.02 Å². The second-order valence-electron chi connectivity index (χ2n) is 5.25. The molecule has 1 aromatic heterocycles. The predicted molar refractivity (Wildman–Crippen MR) is 92.6 cm³/mol. The predicted octanol–water partition coefficient (Wildman–Crippen LogP) is 2.93. The highest BCUT2D eigenvalue weighted by atomic mass is 35.5. The Morgan fingerprint density at radius 2 is 1.83 bits per heavy atom. The minimum absolute atomic E-state index is 0.175. The summed E-state index contributed by atoms with van der Waals surface area (Å²) >= 11 is 5.87. The molecule has 1 heterocycles.